The van der Waals surface area contributed by atoms with Gasteiger partial charge >= 0.3 is 0 Å². The molecule has 20 heavy (non-hydrogen) atoms. The van der Waals surface area contributed by atoms with Crippen molar-refractivity contribution in [2.75, 3.05) is 0 Å². The van der Waals surface area contributed by atoms with Crippen molar-refractivity contribution in [3.8, 4) is 0 Å². The van der Waals surface area contributed by atoms with Crippen molar-refractivity contribution < 1.29 is 20.6 Å². The highest BCUT2D eigenvalue weighted by Gasteiger charge is 2.37. The molecule has 3 aromatic carbocycles. The van der Waals surface area contributed by atoms with E-state index in [4.69, 9.17) is 31.6 Å². The molecule has 0 unspecified atom stereocenters. The van der Waals surface area contributed by atoms with Crippen LogP contribution >= 0.6 is 11.1 Å². The average Bonchev–Trinajstić information content (AvgIpc) is 2.81. The molecule has 0 nitrogen and oxygen atoms in total. The summed E-state index contributed by atoms with van der Waals surface area (Å²) in [6.45, 7) is 0. The summed E-state index contributed by atoms with van der Waals surface area (Å²) in [6.07, 6.45) is 0. The van der Waals surface area contributed by atoms with Crippen LogP contribution in [0.2, 0.25) is 0 Å². The summed E-state index contributed by atoms with van der Waals surface area (Å²) in [5.41, 5.74) is 0. The van der Waals surface area contributed by atoms with Crippen LogP contribution in [0.3, 0.4) is 0 Å². The quantitative estimate of drug-likeness (QED) is 0.396. The number of halogens is 1. The Balaban J connectivity index is 2.78. The first-order valence-electron chi connectivity index (χ1n) is 12.9. The van der Waals surface area contributed by atoms with E-state index in [1.807, 2.05) is 0 Å². The van der Waals surface area contributed by atoms with Crippen LogP contribution in [0.25, 0.3) is 0 Å². The molecule has 2 heteroatoms. The van der Waals surface area contributed by atoms with Gasteiger partial charge in [-0.1, -0.05) is 90.6 Å². The first-order valence-corrected chi connectivity index (χ1v) is 8.45. The summed E-state index contributed by atoms with van der Waals surface area (Å²) < 4.78 is 123. The zero-order chi connectivity index (χ0) is 26.9. The van der Waals surface area contributed by atoms with Gasteiger partial charge in [0.1, 0.15) is 0 Å². The van der Waals surface area contributed by atoms with Crippen molar-refractivity contribution in [3.63, 3.8) is 0 Å². The van der Waals surface area contributed by atoms with Crippen LogP contribution in [0.1, 0.15) is 20.6 Å². The Kier molecular flexibility index (Phi) is 1.22. The lowest BCUT2D eigenvalue weighted by molar-refractivity contribution is 1.70. The van der Waals surface area contributed by atoms with E-state index >= 15 is 0 Å². The Bertz CT molecular complexity index is 1170. The summed E-state index contributed by atoms with van der Waals surface area (Å²) in [7, 11) is -5.03. The van der Waals surface area contributed by atoms with Crippen LogP contribution in [-0.2, 0) is 0 Å². The molecule has 0 bridgehead atoms. The fourth-order valence-electron chi connectivity index (χ4n) is 1.64. The summed E-state index contributed by atoms with van der Waals surface area (Å²) in [5.74, 6) is 0. The minimum Gasteiger partial charge on any atom is -0.149 e. The molecular formula is C18H15ClSi. The predicted molar refractivity (Wildman–Crippen MR) is 89.8 cm³/mol. The lowest BCUT2D eigenvalue weighted by Crippen LogP contribution is -2.62. The van der Waals surface area contributed by atoms with E-state index < -0.39 is 114 Å². The molecule has 0 heterocycles. The monoisotopic (exact) mass is 309 g/mol. The average molecular weight is 310 g/mol. The van der Waals surface area contributed by atoms with E-state index in [2.05, 4.69) is 0 Å². The minimum atomic E-state index is -5.03. The van der Waals surface area contributed by atoms with E-state index in [9.17, 15) is 0 Å². The van der Waals surface area contributed by atoms with Crippen LogP contribution in [0, 0.1) is 0 Å². The highest BCUT2D eigenvalue weighted by molar-refractivity contribution is 7.40. The van der Waals surface area contributed by atoms with Gasteiger partial charge in [0.2, 0.25) is 7.38 Å². The zero-order valence-electron chi connectivity index (χ0n) is 24.9. The maximum atomic E-state index is 8.44. The van der Waals surface area contributed by atoms with Gasteiger partial charge in [0.25, 0.3) is 0 Å². The summed E-state index contributed by atoms with van der Waals surface area (Å²) in [5, 5.41) is -2.08. The summed E-state index contributed by atoms with van der Waals surface area (Å²) >= 11 is 7.07. The molecule has 98 valence electrons. The Morgan fingerprint density at radius 3 is 1.05 bits per heavy atom. The zero-order valence-corrected chi connectivity index (χ0v) is 11.6. The van der Waals surface area contributed by atoms with Crippen molar-refractivity contribution in [1.82, 2.24) is 0 Å². The van der Waals surface area contributed by atoms with Gasteiger partial charge in [-0.2, -0.15) is 0 Å². The summed E-state index contributed by atoms with van der Waals surface area (Å²) in [6, 6.07) is -12.7. The molecule has 0 saturated heterocycles. The smallest absolute Gasteiger partial charge is 0.149 e. The van der Waals surface area contributed by atoms with E-state index in [1.54, 1.807) is 0 Å². The van der Waals surface area contributed by atoms with E-state index in [0.717, 1.165) is 0 Å². The molecule has 3 aromatic rings. The second-order valence-corrected chi connectivity index (χ2v) is 8.18. The van der Waals surface area contributed by atoms with E-state index in [1.165, 1.54) is 0 Å². The van der Waals surface area contributed by atoms with Crippen LogP contribution in [0.4, 0.5) is 0 Å². The first-order chi connectivity index (χ1) is 16.0. The van der Waals surface area contributed by atoms with Crippen LogP contribution in [0.5, 0.6) is 0 Å². The topological polar surface area (TPSA) is 0 Å². The van der Waals surface area contributed by atoms with Crippen molar-refractivity contribution in [1.29, 1.82) is 0 Å². The lowest BCUT2D eigenvalue weighted by atomic mass is 10.3. The maximum absolute atomic E-state index is 8.44. The van der Waals surface area contributed by atoms with Gasteiger partial charge in [-0.25, -0.2) is 0 Å². The van der Waals surface area contributed by atoms with Gasteiger partial charge in [-0.05, 0) is 15.6 Å². The molecule has 0 amide bonds. The molecule has 0 aliphatic carbocycles. The normalized spacial score (nSPS) is 21.8. The highest BCUT2D eigenvalue weighted by atomic mass is 35.6. The Morgan fingerprint density at radius 1 is 0.550 bits per heavy atom. The molecule has 0 atom stereocenters. The maximum Gasteiger partial charge on any atom is 0.247 e. The third kappa shape index (κ3) is 2.31. The highest BCUT2D eigenvalue weighted by Crippen LogP contribution is 2.11. The largest absolute Gasteiger partial charge is 0.247 e. The van der Waals surface area contributed by atoms with Crippen molar-refractivity contribution >= 4 is 34.0 Å². The molecule has 0 saturated carbocycles. The second-order valence-electron chi connectivity index (χ2n) is 3.66. The van der Waals surface area contributed by atoms with Crippen molar-refractivity contribution in [3.05, 3.63) is 90.6 Å². The molecule has 0 N–H and O–H groups in total. The fourth-order valence-corrected chi connectivity index (χ4v) is 4.65. The van der Waals surface area contributed by atoms with Gasteiger partial charge in [0.05, 0.1) is 20.6 Å². The van der Waals surface area contributed by atoms with Crippen molar-refractivity contribution in [2.45, 2.75) is 0 Å². The fraction of sp³-hybridized carbons (Fsp3) is 0. The molecule has 3 rings (SSSR count). The number of rotatable bonds is 3. The standard InChI is InChI=1S/C18H15ClSi/c19-20(16-10-4-1-5-11-16,17-12-6-2-7-13-17)18-14-8-3-9-15-18/h1-15H/i1D,2D,3D,4D,5D,6D,7D,8D,9D,10D,11D,12D,13D,14D,15D. The third-order valence-corrected chi connectivity index (χ3v) is 7.05. The van der Waals surface area contributed by atoms with Crippen LogP contribution < -0.4 is 15.6 Å². The van der Waals surface area contributed by atoms with Gasteiger partial charge in [0.15, 0.2) is 0 Å². The van der Waals surface area contributed by atoms with E-state index in [-0.39, 0.29) is 0 Å². The minimum absolute atomic E-state index is 0.692. The number of hydrogen-bond acceptors (Lipinski definition) is 0. The number of hydrogen-bond donors (Lipinski definition) is 0. The van der Waals surface area contributed by atoms with Gasteiger partial charge < -0.3 is 0 Å². The van der Waals surface area contributed by atoms with Gasteiger partial charge in [-0.3, -0.25) is 0 Å². The molecule has 0 fully saturated rings. The molecule has 0 aliphatic rings. The molecule has 0 radical (unpaired) electrons. The predicted octanol–water partition coefficient (Wildman–Crippen LogP) is 2.89. The molecular weight excluding hydrogens is 280 g/mol. The number of benzene rings is 3. The second kappa shape index (κ2) is 5.66. The summed E-state index contributed by atoms with van der Waals surface area (Å²) in [4.78, 5) is 0. The van der Waals surface area contributed by atoms with Crippen LogP contribution in [-0.4, -0.2) is 7.38 Å². The SMILES string of the molecule is [2H]c1c([2H])c([2H])c([Si](Cl)(c2c([2H])c([2H])c([2H])c([2H])c2[2H])c2c([2H])c([2H])c([2H])c([2H])c2[2H])c([2H])c1[2H]. The Hall–Kier alpha value is -1.83. The lowest BCUT2D eigenvalue weighted by Gasteiger charge is -2.26. The van der Waals surface area contributed by atoms with Gasteiger partial charge in [-0.15, -0.1) is 11.1 Å². The first kappa shape index (κ1) is 4.33. The third-order valence-electron chi connectivity index (χ3n) is 2.53. The molecule has 0 aromatic heterocycles. The molecule has 0 aliphatic heterocycles. The Labute approximate surface area is 146 Å². The van der Waals surface area contributed by atoms with Gasteiger partial charge in [0, 0.05) is 0 Å². The Morgan fingerprint density at radius 2 is 0.800 bits per heavy atom. The van der Waals surface area contributed by atoms with Crippen LogP contribution in [0.15, 0.2) is 90.6 Å². The van der Waals surface area contributed by atoms with Crippen molar-refractivity contribution in [2.24, 2.45) is 0 Å². The molecule has 0 spiro atoms. The van der Waals surface area contributed by atoms with E-state index in [0.29, 0.717) is 0 Å².